The summed E-state index contributed by atoms with van der Waals surface area (Å²) in [4.78, 5) is 17.8. The number of fused-ring (bicyclic) bond motifs is 3. The summed E-state index contributed by atoms with van der Waals surface area (Å²) in [5, 5.41) is 12.9. The second-order valence-corrected chi connectivity index (χ2v) is 13.7. The molecule has 4 heterocycles. The molecule has 1 fully saturated rings. The highest BCUT2D eigenvalue weighted by molar-refractivity contribution is 6.18. The third-order valence-corrected chi connectivity index (χ3v) is 10.8. The van der Waals surface area contributed by atoms with Crippen molar-refractivity contribution in [3.05, 3.63) is 102 Å². The van der Waals surface area contributed by atoms with Gasteiger partial charge in [-0.15, -0.1) is 11.6 Å². The fourth-order valence-electron chi connectivity index (χ4n) is 8.32. The molecule has 3 aliphatic heterocycles. The summed E-state index contributed by atoms with van der Waals surface area (Å²) in [5.41, 5.74) is 2.99. The molecular weight excluding hydrogens is 610 g/mol. The van der Waals surface area contributed by atoms with E-state index in [9.17, 15) is 9.90 Å². The van der Waals surface area contributed by atoms with Crippen molar-refractivity contribution in [2.24, 2.45) is 5.41 Å². The van der Waals surface area contributed by atoms with Gasteiger partial charge in [0.1, 0.15) is 12.4 Å². The number of alkyl halides is 1. The summed E-state index contributed by atoms with van der Waals surface area (Å²) in [6.07, 6.45) is 4.52. The molecule has 0 amide bonds. The number of esters is 1. The summed E-state index contributed by atoms with van der Waals surface area (Å²) < 4.78 is 12.9. The predicted octanol–water partition coefficient (Wildman–Crippen LogP) is 7.15. The van der Waals surface area contributed by atoms with Crippen molar-refractivity contribution in [1.29, 1.82) is 0 Å². The lowest BCUT2D eigenvalue weighted by Gasteiger charge is -2.57. The zero-order valence-electron chi connectivity index (χ0n) is 27.9. The van der Waals surface area contributed by atoms with Crippen LogP contribution >= 0.6 is 11.6 Å². The van der Waals surface area contributed by atoms with Gasteiger partial charge in [0.15, 0.2) is 0 Å². The Bertz CT molecular complexity index is 1650. The van der Waals surface area contributed by atoms with Gasteiger partial charge in [-0.3, -0.25) is 9.80 Å². The van der Waals surface area contributed by atoms with E-state index in [1.54, 1.807) is 0 Å². The summed E-state index contributed by atoms with van der Waals surface area (Å²) in [7, 11) is 1.37. The van der Waals surface area contributed by atoms with Crippen molar-refractivity contribution in [1.82, 2.24) is 14.4 Å². The average molecular weight is 658 g/mol. The number of nitrogens with zero attached hydrogens (tertiary/aromatic N) is 3. The number of hydrogen-bond donors (Lipinski definition) is 1. The van der Waals surface area contributed by atoms with Crippen molar-refractivity contribution in [3.63, 3.8) is 0 Å². The maximum absolute atomic E-state index is 12.8. The fourth-order valence-corrected chi connectivity index (χ4v) is 8.54. The number of carbonyl (C=O) groups is 1. The van der Waals surface area contributed by atoms with Crippen LogP contribution in [0.2, 0.25) is 0 Å². The van der Waals surface area contributed by atoms with Gasteiger partial charge in [-0.2, -0.15) is 0 Å². The maximum atomic E-state index is 12.8. The number of methoxy groups -OCH3 is 1. The lowest BCUT2D eigenvalue weighted by atomic mass is 9.62. The molecule has 4 atom stereocenters. The first-order chi connectivity index (χ1) is 22.8. The Kier molecular flexibility index (Phi) is 10.3. The number of hydrogen-bond acceptors (Lipinski definition) is 6. The third kappa shape index (κ3) is 6.43. The number of para-hydroxylation sites is 2. The Morgan fingerprint density at radius 2 is 1.74 bits per heavy atom. The number of aliphatic hydroxyl groups is 1. The van der Waals surface area contributed by atoms with Gasteiger partial charge < -0.3 is 19.1 Å². The van der Waals surface area contributed by atoms with Crippen molar-refractivity contribution in [2.75, 3.05) is 39.2 Å². The molecule has 3 aromatic carbocycles. The van der Waals surface area contributed by atoms with Crippen LogP contribution in [0.1, 0.15) is 62.4 Å². The molecule has 0 spiro atoms. The minimum absolute atomic E-state index is 0.0826. The largest absolute Gasteiger partial charge is 0.492 e. The standard InChI is InChI=1S/C21H26N2O3.C18H22ClNO/c1-3-20-10-6-11-22-12-9-15-14-7-4-5-8-16(14)23(17(15)18(20)22)21(25,13-20)19(24)26-2;1-16(15-21-18-10-6-3-7-11-18)20(13-12-19)14-17-8-4-2-5-9-17/h4-5,7-8,18,25H,3,6,9-13H2,1-2H3;2-11,16H,12-15H2,1H3/t18-,20+,21+;/m1./s1. The monoisotopic (exact) mass is 657 g/mol. The SMILES string of the molecule is CC(COc1ccccc1)N(CCCl)Cc1ccccc1.CC[C@]12CCCN3CCc4c(n(c5ccccc45)[C@@](O)(C(=O)OC)C1)[C@@H]32. The molecule has 1 N–H and O–H groups in total. The van der Waals surface area contributed by atoms with Crippen LogP contribution in [0.3, 0.4) is 0 Å². The number of rotatable bonds is 10. The predicted molar refractivity (Wildman–Crippen MR) is 188 cm³/mol. The first-order valence-electron chi connectivity index (χ1n) is 17.0. The Labute approximate surface area is 284 Å². The van der Waals surface area contributed by atoms with Crippen molar-refractivity contribution < 1.29 is 19.4 Å². The van der Waals surface area contributed by atoms with Gasteiger partial charge in [0, 0.05) is 49.1 Å². The molecule has 1 unspecified atom stereocenters. The molecule has 7 rings (SSSR count). The molecule has 0 aliphatic carbocycles. The summed E-state index contributed by atoms with van der Waals surface area (Å²) in [5.74, 6) is 0.993. The Morgan fingerprint density at radius 3 is 2.45 bits per heavy atom. The lowest BCUT2D eigenvalue weighted by Crippen LogP contribution is -2.60. The van der Waals surface area contributed by atoms with Gasteiger partial charge in [0.2, 0.25) is 5.72 Å². The van der Waals surface area contributed by atoms with Crippen LogP contribution < -0.4 is 4.74 Å². The quantitative estimate of drug-likeness (QED) is 0.144. The normalized spacial score (nSPS) is 23.8. The Morgan fingerprint density at radius 1 is 1.04 bits per heavy atom. The first kappa shape index (κ1) is 33.5. The van der Waals surface area contributed by atoms with Crippen LogP contribution in [0.5, 0.6) is 5.75 Å². The van der Waals surface area contributed by atoms with Crippen LogP contribution in [0.4, 0.5) is 0 Å². The molecule has 7 nitrogen and oxygen atoms in total. The molecule has 0 bridgehead atoms. The van der Waals surface area contributed by atoms with Crippen LogP contribution in [-0.2, 0) is 28.2 Å². The highest BCUT2D eigenvalue weighted by Gasteiger charge is 2.60. The summed E-state index contributed by atoms with van der Waals surface area (Å²) >= 11 is 5.94. The Hall–Kier alpha value is -3.36. The average Bonchev–Trinajstić information content (AvgIpc) is 3.46. The van der Waals surface area contributed by atoms with E-state index in [-0.39, 0.29) is 11.5 Å². The van der Waals surface area contributed by atoms with Crippen LogP contribution in [0.25, 0.3) is 10.9 Å². The molecule has 0 saturated carbocycles. The molecule has 4 aromatic rings. The van der Waals surface area contributed by atoms with E-state index in [0.29, 0.717) is 24.9 Å². The van der Waals surface area contributed by atoms with Gasteiger partial charge in [-0.05, 0) is 73.9 Å². The van der Waals surface area contributed by atoms with E-state index in [1.165, 1.54) is 23.6 Å². The summed E-state index contributed by atoms with van der Waals surface area (Å²) in [6, 6.07) is 29.2. The van der Waals surface area contributed by atoms with Crippen molar-refractivity contribution in [3.8, 4) is 5.75 Å². The lowest BCUT2D eigenvalue weighted by molar-refractivity contribution is -0.194. The minimum atomic E-state index is -1.63. The number of benzene rings is 3. The first-order valence-corrected chi connectivity index (χ1v) is 17.6. The number of piperidine rings is 1. The van der Waals surface area contributed by atoms with Crippen LogP contribution in [-0.4, -0.2) is 70.7 Å². The second-order valence-electron chi connectivity index (χ2n) is 13.3. The zero-order chi connectivity index (χ0) is 33.0. The van der Waals surface area contributed by atoms with E-state index in [4.69, 9.17) is 21.1 Å². The molecule has 8 heteroatoms. The van der Waals surface area contributed by atoms with E-state index >= 15 is 0 Å². The van der Waals surface area contributed by atoms with Gasteiger partial charge in [0.25, 0.3) is 0 Å². The third-order valence-electron chi connectivity index (χ3n) is 10.6. The van der Waals surface area contributed by atoms with Crippen LogP contribution in [0, 0.1) is 5.41 Å². The van der Waals surface area contributed by atoms with Crippen molar-refractivity contribution in [2.45, 2.75) is 70.3 Å². The summed E-state index contributed by atoms with van der Waals surface area (Å²) in [6.45, 7) is 8.96. The van der Waals surface area contributed by atoms with Gasteiger partial charge in [-0.25, -0.2) is 4.79 Å². The highest BCUT2D eigenvalue weighted by Crippen LogP contribution is 2.60. The number of halogens is 1. The molecule has 1 saturated heterocycles. The molecule has 250 valence electrons. The van der Waals surface area contributed by atoms with E-state index < -0.39 is 11.7 Å². The topological polar surface area (TPSA) is 67.2 Å². The minimum Gasteiger partial charge on any atom is -0.492 e. The smallest absolute Gasteiger partial charge is 0.359 e. The Balaban J connectivity index is 0.000000169. The number of carbonyl (C=O) groups excluding carboxylic acids is 1. The molecule has 0 radical (unpaired) electrons. The van der Waals surface area contributed by atoms with Crippen LogP contribution in [0.15, 0.2) is 84.9 Å². The molecule has 47 heavy (non-hydrogen) atoms. The molecule has 3 aliphatic rings. The maximum Gasteiger partial charge on any atom is 0.359 e. The van der Waals surface area contributed by atoms with Gasteiger partial charge in [0.05, 0.1) is 18.7 Å². The van der Waals surface area contributed by atoms with E-state index in [2.05, 4.69) is 54.0 Å². The van der Waals surface area contributed by atoms with Gasteiger partial charge in [-0.1, -0.05) is 73.7 Å². The molecular formula is C39H48ClN3O4. The highest BCUT2D eigenvalue weighted by atomic mass is 35.5. The fraction of sp³-hybridized carbons (Fsp3) is 0.462. The number of ether oxygens (including phenoxy) is 2. The second kappa shape index (κ2) is 14.4. The van der Waals surface area contributed by atoms with E-state index in [0.717, 1.165) is 68.8 Å². The zero-order valence-corrected chi connectivity index (χ0v) is 28.7. The van der Waals surface area contributed by atoms with E-state index in [1.807, 2.05) is 59.2 Å². The molecule has 1 aromatic heterocycles. The van der Waals surface area contributed by atoms with Crippen molar-refractivity contribution >= 4 is 28.5 Å². The van der Waals surface area contributed by atoms with Gasteiger partial charge >= 0.3 is 5.97 Å². The number of aromatic nitrogens is 1.